The third-order valence-electron chi connectivity index (χ3n) is 1.83. The van der Waals surface area contributed by atoms with Crippen LogP contribution in [0.2, 0.25) is 0 Å². The maximum absolute atomic E-state index is 12.9. The average Bonchev–Trinajstić information content (AvgIpc) is 2.57. The standard InChI is InChI=1S/C9H6BrFN2S/c10-6-3-5(1-2-7(6)11)8-4-12-9(14)13-8/h1-4H,(H2,12,13,14). The molecule has 0 saturated carbocycles. The van der Waals surface area contributed by atoms with Crippen LogP contribution in [-0.2, 0) is 0 Å². The molecule has 14 heavy (non-hydrogen) atoms. The summed E-state index contributed by atoms with van der Waals surface area (Å²) in [4.78, 5) is 5.81. The lowest BCUT2D eigenvalue weighted by Gasteiger charge is -1.98. The Bertz CT molecular complexity index is 518. The quantitative estimate of drug-likeness (QED) is 0.764. The van der Waals surface area contributed by atoms with Gasteiger partial charge in [0.25, 0.3) is 0 Å². The van der Waals surface area contributed by atoms with Crippen molar-refractivity contribution in [2.45, 2.75) is 0 Å². The van der Waals surface area contributed by atoms with Crippen LogP contribution in [-0.4, -0.2) is 9.97 Å². The van der Waals surface area contributed by atoms with E-state index in [1.807, 2.05) is 0 Å². The summed E-state index contributed by atoms with van der Waals surface area (Å²) in [7, 11) is 0. The molecule has 2 nitrogen and oxygen atoms in total. The number of hydrogen-bond acceptors (Lipinski definition) is 1. The number of H-pyrrole nitrogens is 2. The van der Waals surface area contributed by atoms with Gasteiger partial charge >= 0.3 is 0 Å². The number of hydrogen-bond donors (Lipinski definition) is 2. The van der Waals surface area contributed by atoms with Crippen LogP contribution in [0.1, 0.15) is 0 Å². The fourth-order valence-electron chi connectivity index (χ4n) is 1.15. The molecule has 0 bridgehead atoms. The van der Waals surface area contributed by atoms with Crippen LogP contribution in [0.25, 0.3) is 11.3 Å². The van der Waals surface area contributed by atoms with Gasteiger partial charge in [-0.1, -0.05) is 0 Å². The molecule has 0 spiro atoms. The number of aromatic nitrogens is 2. The maximum Gasteiger partial charge on any atom is 0.174 e. The molecule has 0 radical (unpaired) electrons. The first kappa shape index (κ1) is 9.61. The largest absolute Gasteiger partial charge is 0.337 e. The van der Waals surface area contributed by atoms with E-state index < -0.39 is 0 Å². The molecule has 1 aromatic heterocycles. The van der Waals surface area contributed by atoms with E-state index in [2.05, 4.69) is 25.9 Å². The highest BCUT2D eigenvalue weighted by molar-refractivity contribution is 9.10. The summed E-state index contributed by atoms with van der Waals surface area (Å²) in [5.41, 5.74) is 1.72. The van der Waals surface area contributed by atoms with Crippen molar-refractivity contribution in [3.05, 3.63) is 39.5 Å². The predicted molar refractivity (Wildman–Crippen MR) is 59.1 cm³/mol. The van der Waals surface area contributed by atoms with Gasteiger partial charge in [-0.25, -0.2) is 4.39 Å². The van der Waals surface area contributed by atoms with Gasteiger partial charge in [-0.2, -0.15) is 0 Å². The number of rotatable bonds is 1. The first-order chi connectivity index (χ1) is 6.66. The molecule has 1 heterocycles. The topological polar surface area (TPSA) is 31.6 Å². The molecule has 2 N–H and O–H groups in total. The second-order valence-corrected chi connectivity index (χ2v) is 4.05. The van der Waals surface area contributed by atoms with Gasteiger partial charge in [0.05, 0.1) is 10.2 Å². The van der Waals surface area contributed by atoms with E-state index in [4.69, 9.17) is 12.2 Å². The minimum absolute atomic E-state index is 0.275. The van der Waals surface area contributed by atoms with E-state index in [0.29, 0.717) is 9.24 Å². The fourth-order valence-corrected chi connectivity index (χ4v) is 1.70. The summed E-state index contributed by atoms with van der Waals surface area (Å²) in [5.74, 6) is -0.275. The van der Waals surface area contributed by atoms with Gasteiger partial charge in [-0.05, 0) is 46.3 Å². The molecule has 1 aromatic carbocycles. The lowest BCUT2D eigenvalue weighted by molar-refractivity contribution is 0.621. The Morgan fingerprint density at radius 1 is 1.36 bits per heavy atom. The first-order valence-electron chi connectivity index (χ1n) is 3.90. The van der Waals surface area contributed by atoms with Gasteiger partial charge in [-0.3, -0.25) is 0 Å². The van der Waals surface area contributed by atoms with Crippen LogP contribution < -0.4 is 0 Å². The van der Waals surface area contributed by atoms with Crippen LogP contribution >= 0.6 is 28.1 Å². The van der Waals surface area contributed by atoms with Crippen molar-refractivity contribution in [1.29, 1.82) is 0 Å². The van der Waals surface area contributed by atoms with Crippen molar-refractivity contribution in [2.24, 2.45) is 0 Å². The fraction of sp³-hybridized carbons (Fsp3) is 0. The third kappa shape index (κ3) is 1.78. The van der Waals surface area contributed by atoms with Gasteiger partial charge in [-0.15, -0.1) is 0 Å². The summed E-state index contributed by atoms with van der Waals surface area (Å²) in [6.45, 7) is 0. The lowest BCUT2D eigenvalue weighted by atomic mass is 10.2. The highest BCUT2D eigenvalue weighted by Crippen LogP contribution is 2.23. The van der Waals surface area contributed by atoms with Gasteiger partial charge in [0.15, 0.2) is 4.77 Å². The van der Waals surface area contributed by atoms with Crippen LogP contribution in [0.4, 0.5) is 4.39 Å². The highest BCUT2D eigenvalue weighted by Gasteiger charge is 2.03. The molecule has 0 aliphatic carbocycles. The number of halogens is 2. The van der Waals surface area contributed by atoms with Crippen LogP contribution in [0.3, 0.4) is 0 Å². The Morgan fingerprint density at radius 3 is 2.71 bits per heavy atom. The summed E-state index contributed by atoms with van der Waals surface area (Å²) in [5, 5.41) is 0. The molecule has 0 saturated heterocycles. The predicted octanol–water partition coefficient (Wildman–Crippen LogP) is 3.64. The molecule has 0 unspecified atom stereocenters. The minimum Gasteiger partial charge on any atom is -0.337 e. The SMILES string of the molecule is Fc1ccc(-c2c[nH]c(=S)[nH]2)cc1Br. The van der Waals surface area contributed by atoms with Crippen LogP contribution in [0.15, 0.2) is 28.9 Å². The molecular weight excluding hydrogens is 267 g/mol. The van der Waals surface area contributed by atoms with Crippen molar-refractivity contribution in [1.82, 2.24) is 9.97 Å². The molecule has 0 amide bonds. The van der Waals surface area contributed by atoms with Gasteiger partial charge in [0.2, 0.25) is 0 Å². The van der Waals surface area contributed by atoms with E-state index in [0.717, 1.165) is 11.3 Å². The summed E-state index contributed by atoms with van der Waals surface area (Å²) >= 11 is 8.02. The summed E-state index contributed by atoms with van der Waals surface area (Å²) in [6, 6.07) is 4.79. The maximum atomic E-state index is 12.9. The molecule has 0 fully saturated rings. The van der Waals surface area contributed by atoms with E-state index in [9.17, 15) is 4.39 Å². The molecule has 0 aliphatic heterocycles. The Balaban J connectivity index is 2.52. The zero-order valence-electron chi connectivity index (χ0n) is 6.97. The summed E-state index contributed by atoms with van der Waals surface area (Å²) in [6.07, 6.45) is 1.75. The van der Waals surface area contributed by atoms with Gasteiger partial charge in [0, 0.05) is 11.8 Å². The number of imidazole rings is 1. The monoisotopic (exact) mass is 272 g/mol. The lowest BCUT2D eigenvalue weighted by Crippen LogP contribution is -1.80. The molecule has 2 aromatic rings. The molecule has 2 rings (SSSR count). The summed E-state index contributed by atoms with van der Waals surface area (Å²) < 4.78 is 13.9. The van der Waals surface area contributed by atoms with E-state index in [1.165, 1.54) is 6.07 Å². The van der Waals surface area contributed by atoms with Crippen molar-refractivity contribution in [2.75, 3.05) is 0 Å². The van der Waals surface area contributed by atoms with E-state index in [-0.39, 0.29) is 5.82 Å². The Morgan fingerprint density at radius 2 is 2.14 bits per heavy atom. The molecule has 0 aliphatic rings. The zero-order valence-corrected chi connectivity index (χ0v) is 9.38. The molecule has 0 atom stereocenters. The van der Waals surface area contributed by atoms with E-state index >= 15 is 0 Å². The average molecular weight is 273 g/mol. The molecular formula is C9H6BrFN2S. The molecule has 72 valence electrons. The van der Waals surface area contributed by atoms with Gasteiger partial charge in [0.1, 0.15) is 5.82 Å². The normalized spacial score (nSPS) is 10.4. The third-order valence-corrected chi connectivity index (χ3v) is 2.65. The highest BCUT2D eigenvalue weighted by atomic mass is 79.9. The minimum atomic E-state index is -0.275. The first-order valence-corrected chi connectivity index (χ1v) is 5.10. The zero-order chi connectivity index (χ0) is 10.1. The Hall–Kier alpha value is -0.940. The van der Waals surface area contributed by atoms with E-state index in [1.54, 1.807) is 18.3 Å². The van der Waals surface area contributed by atoms with Crippen molar-refractivity contribution in [3.8, 4) is 11.3 Å². The van der Waals surface area contributed by atoms with Crippen molar-refractivity contribution >= 4 is 28.1 Å². The number of aromatic amines is 2. The second kappa shape index (κ2) is 3.67. The number of nitrogens with one attached hydrogen (secondary N) is 2. The second-order valence-electron chi connectivity index (χ2n) is 2.79. The van der Waals surface area contributed by atoms with Crippen LogP contribution in [0, 0.1) is 10.6 Å². The Labute approximate surface area is 93.3 Å². The number of benzene rings is 1. The Kier molecular flexibility index (Phi) is 2.52. The smallest absolute Gasteiger partial charge is 0.174 e. The van der Waals surface area contributed by atoms with Crippen LogP contribution in [0.5, 0.6) is 0 Å². The van der Waals surface area contributed by atoms with Gasteiger partial charge < -0.3 is 9.97 Å². The van der Waals surface area contributed by atoms with Crippen molar-refractivity contribution < 1.29 is 4.39 Å². The molecule has 5 heteroatoms. The van der Waals surface area contributed by atoms with Crippen molar-refractivity contribution in [3.63, 3.8) is 0 Å².